The highest BCUT2D eigenvalue weighted by atomic mass is 19.1. The van der Waals surface area contributed by atoms with Gasteiger partial charge in [0, 0.05) is 17.4 Å². The molecule has 1 atom stereocenters. The van der Waals surface area contributed by atoms with E-state index >= 15 is 0 Å². The number of methoxy groups -OCH3 is 1. The van der Waals surface area contributed by atoms with E-state index in [9.17, 15) is 4.39 Å². The van der Waals surface area contributed by atoms with Crippen molar-refractivity contribution < 1.29 is 9.13 Å². The molecule has 2 aromatic rings. The van der Waals surface area contributed by atoms with E-state index in [1.807, 2.05) is 0 Å². The van der Waals surface area contributed by atoms with Crippen molar-refractivity contribution in [2.45, 2.75) is 6.04 Å². The first kappa shape index (κ1) is 13.3. The zero-order valence-corrected chi connectivity index (χ0v) is 10.4. The third kappa shape index (κ3) is 2.64. The van der Waals surface area contributed by atoms with Crippen LogP contribution in [0.15, 0.2) is 36.5 Å². The minimum absolute atomic E-state index is 0.389. The van der Waals surface area contributed by atoms with Gasteiger partial charge in [0.1, 0.15) is 17.3 Å². The Hall–Kier alpha value is -2.18. The van der Waals surface area contributed by atoms with Crippen LogP contribution in [-0.4, -0.2) is 12.1 Å². The maximum atomic E-state index is 13.4. The summed E-state index contributed by atoms with van der Waals surface area (Å²) in [4.78, 5) is 4.22. The molecule has 1 heterocycles. The van der Waals surface area contributed by atoms with Crippen LogP contribution in [0.5, 0.6) is 5.75 Å². The fourth-order valence-corrected chi connectivity index (χ4v) is 1.90. The monoisotopic (exact) mass is 262 g/mol. The lowest BCUT2D eigenvalue weighted by molar-refractivity contribution is 0.400. The molecule has 6 heteroatoms. The number of pyridine rings is 1. The Labute approximate surface area is 110 Å². The molecule has 5 nitrogen and oxygen atoms in total. The van der Waals surface area contributed by atoms with Crippen LogP contribution in [0, 0.1) is 5.82 Å². The molecule has 1 unspecified atom stereocenters. The second-order valence-electron chi connectivity index (χ2n) is 3.96. The number of ether oxygens (including phenoxy) is 1. The predicted octanol–water partition coefficient (Wildman–Crippen LogP) is 1.36. The minimum Gasteiger partial charge on any atom is -0.495 e. The lowest BCUT2D eigenvalue weighted by Gasteiger charge is -2.19. The molecule has 0 bridgehead atoms. The van der Waals surface area contributed by atoms with Gasteiger partial charge in [-0.3, -0.25) is 10.8 Å². The van der Waals surface area contributed by atoms with Gasteiger partial charge in [-0.1, -0.05) is 0 Å². The molecule has 0 amide bonds. The van der Waals surface area contributed by atoms with Gasteiger partial charge in [0.05, 0.1) is 13.2 Å². The van der Waals surface area contributed by atoms with Crippen molar-refractivity contribution >= 4 is 5.69 Å². The van der Waals surface area contributed by atoms with E-state index in [4.69, 9.17) is 16.3 Å². The van der Waals surface area contributed by atoms with Crippen LogP contribution in [-0.2, 0) is 0 Å². The number of nitrogens with one attached hydrogen (secondary N) is 1. The normalized spacial score (nSPS) is 12.2. The van der Waals surface area contributed by atoms with Crippen LogP contribution in [0.25, 0.3) is 0 Å². The molecule has 1 aromatic heterocycles. The van der Waals surface area contributed by atoms with Gasteiger partial charge in [-0.15, -0.1) is 0 Å². The number of rotatable bonds is 4. The molecule has 0 aliphatic heterocycles. The first-order chi connectivity index (χ1) is 9.17. The van der Waals surface area contributed by atoms with Crippen LogP contribution < -0.4 is 21.7 Å². The minimum atomic E-state index is -0.549. The summed E-state index contributed by atoms with van der Waals surface area (Å²) in [5, 5.41) is 0. The number of nitrogens with two attached hydrogens (primary N) is 2. The fraction of sp³-hybridized carbons (Fsp3) is 0.154. The van der Waals surface area contributed by atoms with E-state index in [0.717, 1.165) is 0 Å². The molecule has 5 N–H and O–H groups in total. The summed E-state index contributed by atoms with van der Waals surface area (Å²) in [6.45, 7) is 0. The lowest BCUT2D eigenvalue weighted by atomic mass is 10.0. The van der Waals surface area contributed by atoms with Crippen LogP contribution in [0.3, 0.4) is 0 Å². The number of benzene rings is 1. The van der Waals surface area contributed by atoms with Gasteiger partial charge in [0.15, 0.2) is 0 Å². The van der Waals surface area contributed by atoms with Gasteiger partial charge < -0.3 is 10.5 Å². The molecule has 0 radical (unpaired) electrons. The number of hydrogen-bond donors (Lipinski definition) is 3. The largest absolute Gasteiger partial charge is 0.495 e. The van der Waals surface area contributed by atoms with E-state index in [-0.39, 0.29) is 5.82 Å². The molecule has 0 aliphatic rings. The third-order valence-corrected chi connectivity index (χ3v) is 2.82. The molecule has 0 spiro atoms. The number of aromatic nitrogens is 1. The second-order valence-corrected chi connectivity index (χ2v) is 3.96. The first-order valence-corrected chi connectivity index (χ1v) is 5.67. The molecule has 19 heavy (non-hydrogen) atoms. The van der Waals surface area contributed by atoms with Crippen molar-refractivity contribution in [1.82, 2.24) is 10.4 Å². The Morgan fingerprint density at radius 3 is 2.84 bits per heavy atom. The summed E-state index contributed by atoms with van der Waals surface area (Å²) >= 11 is 0. The summed E-state index contributed by atoms with van der Waals surface area (Å²) in [5.41, 5.74) is 9.94. The highest BCUT2D eigenvalue weighted by Gasteiger charge is 2.20. The van der Waals surface area contributed by atoms with Crippen molar-refractivity contribution in [1.29, 1.82) is 0 Å². The summed E-state index contributed by atoms with van der Waals surface area (Å²) in [6, 6.07) is 7.06. The van der Waals surface area contributed by atoms with Crippen molar-refractivity contribution in [3.8, 4) is 5.75 Å². The molecule has 1 aromatic carbocycles. The van der Waals surface area contributed by atoms with Crippen LogP contribution in [0.4, 0.5) is 10.1 Å². The Kier molecular flexibility index (Phi) is 3.94. The molecular weight excluding hydrogens is 247 g/mol. The van der Waals surface area contributed by atoms with E-state index in [0.29, 0.717) is 22.7 Å². The first-order valence-electron chi connectivity index (χ1n) is 5.67. The number of nitrogen functional groups attached to an aromatic ring is 1. The number of halogens is 1. The van der Waals surface area contributed by atoms with Gasteiger partial charge >= 0.3 is 0 Å². The van der Waals surface area contributed by atoms with Gasteiger partial charge in [0.2, 0.25) is 0 Å². The van der Waals surface area contributed by atoms with Crippen molar-refractivity contribution in [3.05, 3.63) is 53.6 Å². The quantitative estimate of drug-likeness (QED) is 0.440. The number of hydrazine groups is 1. The number of hydrogen-bond acceptors (Lipinski definition) is 5. The molecule has 0 saturated heterocycles. The molecule has 0 saturated carbocycles. The van der Waals surface area contributed by atoms with Crippen molar-refractivity contribution in [2.75, 3.05) is 12.8 Å². The molecule has 2 rings (SSSR count). The summed E-state index contributed by atoms with van der Waals surface area (Å²) < 4.78 is 18.6. The maximum absolute atomic E-state index is 13.4. The van der Waals surface area contributed by atoms with Crippen molar-refractivity contribution in [2.24, 2.45) is 5.84 Å². The predicted molar refractivity (Wildman–Crippen MR) is 70.8 cm³/mol. The van der Waals surface area contributed by atoms with Gasteiger partial charge in [0.25, 0.3) is 0 Å². The molecule has 100 valence electrons. The number of nitrogens with zero attached hydrogens (tertiary/aromatic N) is 1. The van der Waals surface area contributed by atoms with Gasteiger partial charge in [-0.05, 0) is 30.3 Å². The smallest absolute Gasteiger partial charge is 0.142 e. The Balaban J connectivity index is 2.53. The van der Waals surface area contributed by atoms with Crippen LogP contribution in [0.2, 0.25) is 0 Å². The lowest BCUT2D eigenvalue weighted by Crippen LogP contribution is -2.30. The summed E-state index contributed by atoms with van der Waals surface area (Å²) in [5.74, 6) is 5.72. The Morgan fingerprint density at radius 2 is 2.16 bits per heavy atom. The van der Waals surface area contributed by atoms with E-state index in [1.54, 1.807) is 18.3 Å². The Bertz CT molecular complexity index is 576. The zero-order valence-electron chi connectivity index (χ0n) is 10.4. The highest BCUT2D eigenvalue weighted by molar-refractivity contribution is 5.52. The van der Waals surface area contributed by atoms with Crippen LogP contribution in [0.1, 0.15) is 17.3 Å². The van der Waals surface area contributed by atoms with E-state index in [1.165, 1.54) is 25.3 Å². The zero-order chi connectivity index (χ0) is 13.8. The molecule has 0 fully saturated rings. The summed E-state index contributed by atoms with van der Waals surface area (Å²) in [6.07, 6.45) is 1.61. The SMILES string of the molecule is COc1cccnc1C(NN)c1cc(F)ccc1N. The van der Waals surface area contributed by atoms with E-state index < -0.39 is 6.04 Å². The average Bonchev–Trinajstić information content (AvgIpc) is 2.44. The molecule has 0 aliphatic carbocycles. The average molecular weight is 262 g/mol. The van der Waals surface area contributed by atoms with Gasteiger partial charge in [-0.25, -0.2) is 9.82 Å². The topological polar surface area (TPSA) is 86.2 Å². The van der Waals surface area contributed by atoms with E-state index in [2.05, 4.69) is 10.4 Å². The van der Waals surface area contributed by atoms with Gasteiger partial charge in [-0.2, -0.15) is 0 Å². The summed E-state index contributed by atoms with van der Waals surface area (Å²) in [7, 11) is 1.53. The Morgan fingerprint density at radius 1 is 1.37 bits per heavy atom. The van der Waals surface area contributed by atoms with Crippen molar-refractivity contribution in [3.63, 3.8) is 0 Å². The highest BCUT2D eigenvalue weighted by Crippen LogP contribution is 2.30. The second kappa shape index (κ2) is 5.64. The molecular formula is C13H15FN4O. The maximum Gasteiger partial charge on any atom is 0.142 e. The third-order valence-electron chi connectivity index (χ3n) is 2.82. The van der Waals surface area contributed by atoms with Crippen LogP contribution >= 0.6 is 0 Å². The number of anilines is 1. The standard InChI is InChI=1S/C13H15FN4O/c1-19-11-3-2-6-17-13(11)12(18-16)9-7-8(14)4-5-10(9)15/h2-7,12,18H,15-16H2,1H3. The fourth-order valence-electron chi connectivity index (χ4n) is 1.90.